The molecule has 0 aromatic carbocycles. The molecule has 116 valence electrons. The fourth-order valence-electron chi connectivity index (χ4n) is 1.06. The first-order valence-corrected chi connectivity index (χ1v) is 5.18. The van der Waals surface area contributed by atoms with Crippen LogP contribution in [0.4, 0.5) is 0 Å². The summed E-state index contributed by atoms with van der Waals surface area (Å²) in [6.07, 6.45) is 0. The number of hydrogen-bond donors (Lipinski definition) is 2. The summed E-state index contributed by atoms with van der Waals surface area (Å²) in [4.78, 5) is 40.1. The summed E-state index contributed by atoms with van der Waals surface area (Å²) in [5.74, 6) is -6.09. The van der Waals surface area contributed by atoms with Gasteiger partial charge in [0.1, 0.15) is 11.4 Å². The standard InChI is InChI=1S/2C5H4N2O4.Zr/c2*8-4(9)2-1-3(5(10)11)7-6-2;/h2*1H,(H,6,7)(H,8,9)(H,10,11);/q;;+4/p-4. The minimum Gasteiger partial charge on any atom is -0.543 e. The van der Waals surface area contributed by atoms with Gasteiger partial charge in [0, 0.05) is 0 Å². The molecule has 0 saturated heterocycles. The summed E-state index contributed by atoms with van der Waals surface area (Å²) < 4.78 is 0. The van der Waals surface area contributed by atoms with Gasteiger partial charge in [-0.2, -0.15) is 10.2 Å². The van der Waals surface area contributed by atoms with Crippen molar-refractivity contribution >= 4 is 23.9 Å². The van der Waals surface area contributed by atoms with Gasteiger partial charge in [0.05, 0.1) is 35.3 Å². The summed E-state index contributed by atoms with van der Waals surface area (Å²) in [5.41, 5.74) is -1.68. The maximum absolute atomic E-state index is 10.0. The first kappa shape index (κ1) is 20.2. The van der Waals surface area contributed by atoms with Crippen molar-refractivity contribution in [3.63, 3.8) is 0 Å². The predicted octanol–water partition coefficient (Wildman–Crippen LogP) is -5.73. The number of carboxylic acids is 4. The average molecular weight is 399 g/mol. The number of nitrogens with zero attached hydrogens (tertiary/aromatic N) is 2. The molecule has 0 amide bonds. The molecule has 0 unspecified atom stereocenters. The van der Waals surface area contributed by atoms with E-state index in [4.69, 9.17) is 0 Å². The number of H-pyrrole nitrogens is 2. The topological polar surface area (TPSA) is 218 Å². The van der Waals surface area contributed by atoms with Gasteiger partial charge < -0.3 is 39.6 Å². The van der Waals surface area contributed by atoms with Crippen LogP contribution < -0.4 is 20.4 Å². The molecule has 0 spiro atoms. The van der Waals surface area contributed by atoms with Crippen molar-refractivity contribution in [3.05, 3.63) is 34.9 Å². The number of aromatic carboxylic acids is 4. The zero-order chi connectivity index (χ0) is 16.9. The molecule has 2 heterocycles. The Morgan fingerprint density at radius 1 is 0.696 bits per heavy atom. The second kappa shape index (κ2) is 8.58. The van der Waals surface area contributed by atoms with Crippen molar-refractivity contribution in [2.24, 2.45) is 0 Å². The second-order valence-electron chi connectivity index (χ2n) is 3.48. The molecule has 12 nitrogen and oxygen atoms in total. The van der Waals surface area contributed by atoms with Gasteiger partial charge in [-0.05, 0) is 12.1 Å². The van der Waals surface area contributed by atoms with Gasteiger partial charge in [-0.15, -0.1) is 0 Å². The molecule has 0 aliphatic heterocycles. The molecular weight excluding hydrogens is 395 g/mol. The van der Waals surface area contributed by atoms with Gasteiger partial charge in [0.25, 0.3) is 0 Å². The van der Waals surface area contributed by atoms with Crippen molar-refractivity contribution < 1.29 is 65.8 Å². The monoisotopic (exact) mass is 398 g/mol. The smallest absolute Gasteiger partial charge is 0.543 e. The van der Waals surface area contributed by atoms with E-state index in [0.29, 0.717) is 0 Å². The molecule has 0 aliphatic rings. The van der Waals surface area contributed by atoms with Crippen molar-refractivity contribution in [2.75, 3.05) is 0 Å². The van der Waals surface area contributed by atoms with Crippen LogP contribution in [0.2, 0.25) is 0 Å². The molecule has 13 heteroatoms. The Kier molecular flexibility index (Phi) is 7.53. The van der Waals surface area contributed by atoms with Crippen molar-refractivity contribution in [1.82, 2.24) is 20.4 Å². The van der Waals surface area contributed by atoms with E-state index >= 15 is 0 Å². The Bertz CT molecular complexity index is 618. The van der Waals surface area contributed by atoms with Crippen LogP contribution >= 0.6 is 0 Å². The average Bonchev–Trinajstić information content (AvgIpc) is 3.09. The van der Waals surface area contributed by atoms with Crippen LogP contribution in [-0.4, -0.2) is 44.3 Å². The third kappa shape index (κ3) is 5.82. The Balaban J connectivity index is 0.000000403. The van der Waals surface area contributed by atoms with Crippen LogP contribution in [0.15, 0.2) is 12.1 Å². The Hall–Kier alpha value is -2.82. The summed E-state index contributed by atoms with van der Waals surface area (Å²) in [5, 5.41) is 50.3. The Labute approximate surface area is 145 Å². The number of aromatic nitrogens is 4. The minimum absolute atomic E-state index is 0. The maximum atomic E-state index is 10.0. The number of hydrogen-bond acceptors (Lipinski definition) is 10. The van der Waals surface area contributed by atoms with E-state index in [2.05, 4.69) is 10.2 Å². The zero-order valence-corrected chi connectivity index (χ0v) is 13.3. The van der Waals surface area contributed by atoms with Gasteiger partial charge in [-0.25, -0.2) is 0 Å². The van der Waals surface area contributed by atoms with Gasteiger partial charge >= 0.3 is 26.2 Å². The fourth-order valence-corrected chi connectivity index (χ4v) is 1.06. The van der Waals surface area contributed by atoms with E-state index in [-0.39, 0.29) is 37.6 Å². The number of carboxylic acid groups (broad SMARTS) is 4. The molecule has 0 fully saturated rings. The number of rotatable bonds is 4. The molecule has 2 aromatic rings. The van der Waals surface area contributed by atoms with E-state index in [1.165, 1.54) is 0 Å². The summed E-state index contributed by atoms with van der Waals surface area (Å²) in [6.45, 7) is 0. The van der Waals surface area contributed by atoms with Gasteiger partial charge in [0.2, 0.25) is 0 Å². The van der Waals surface area contributed by atoms with Crippen molar-refractivity contribution in [1.29, 1.82) is 0 Å². The van der Waals surface area contributed by atoms with Gasteiger partial charge in [-0.1, -0.05) is 0 Å². The van der Waals surface area contributed by atoms with Crippen LogP contribution in [0.1, 0.15) is 42.0 Å². The van der Waals surface area contributed by atoms with Crippen molar-refractivity contribution in [3.8, 4) is 0 Å². The molecule has 0 aliphatic carbocycles. The number of carbonyl (C=O) groups is 4. The molecular formula is C10H4N4O8Zr. The van der Waals surface area contributed by atoms with Gasteiger partial charge in [0.15, 0.2) is 0 Å². The molecule has 0 saturated carbocycles. The molecule has 2 aromatic heterocycles. The van der Waals surface area contributed by atoms with E-state index < -0.39 is 35.3 Å². The molecule has 2 rings (SSSR count). The number of nitrogens with one attached hydrogen (secondary N) is 2. The second-order valence-corrected chi connectivity index (χ2v) is 3.48. The third-order valence-electron chi connectivity index (χ3n) is 2.01. The minimum atomic E-state index is -1.53. The van der Waals surface area contributed by atoms with Crippen molar-refractivity contribution in [2.45, 2.75) is 0 Å². The largest absolute Gasteiger partial charge is 4.00 e. The Morgan fingerprint density at radius 2 is 1.00 bits per heavy atom. The van der Waals surface area contributed by atoms with E-state index in [0.717, 1.165) is 12.1 Å². The molecule has 0 bridgehead atoms. The van der Waals surface area contributed by atoms with Crippen LogP contribution in [-0.2, 0) is 26.2 Å². The van der Waals surface area contributed by atoms with Crippen LogP contribution in [0, 0.1) is 0 Å². The summed E-state index contributed by atoms with van der Waals surface area (Å²) in [7, 11) is 0. The molecule has 2 N–H and O–H groups in total. The summed E-state index contributed by atoms with van der Waals surface area (Å²) in [6, 6.07) is 1.65. The van der Waals surface area contributed by atoms with E-state index in [9.17, 15) is 39.6 Å². The zero-order valence-electron chi connectivity index (χ0n) is 10.8. The predicted molar refractivity (Wildman–Crippen MR) is 54.5 cm³/mol. The molecule has 23 heavy (non-hydrogen) atoms. The fraction of sp³-hybridized carbons (Fsp3) is 0. The van der Waals surface area contributed by atoms with Crippen LogP contribution in [0.3, 0.4) is 0 Å². The van der Waals surface area contributed by atoms with E-state index in [1.54, 1.807) is 0 Å². The molecule has 0 atom stereocenters. The maximum Gasteiger partial charge on any atom is 4.00 e. The number of carbonyl (C=O) groups excluding carboxylic acids is 4. The normalized spacial score (nSPS) is 9.04. The molecule has 0 radical (unpaired) electrons. The SMILES string of the molecule is O=C([O-])c1cc(C(=O)[O-])[nH]n1.O=C([O-])c1cc(C(=O)[O-])[nH]n1.[Zr+4]. The van der Waals surface area contributed by atoms with Crippen LogP contribution in [0.5, 0.6) is 0 Å². The first-order valence-electron chi connectivity index (χ1n) is 5.18. The van der Waals surface area contributed by atoms with E-state index in [1.807, 2.05) is 10.2 Å². The quantitative estimate of drug-likeness (QED) is 0.496. The van der Waals surface area contributed by atoms with Crippen LogP contribution in [0.25, 0.3) is 0 Å². The first-order chi connectivity index (χ1) is 10.2. The Morgan fingerprint density at radius 3 is 1.13 bits per heavy atom. The van der Waals surface area contributed by atoms with Gasteiger partial charge in [-0.3, -0.25) is 10.2 Å². The third-order valence-corrected chi connectivity index (χ3v) is 2.01. The number of aromatic amines is 2. The summed E-state index contributed by atoms with van der Waals surface area (Å²) >= 11 is 0.